The lowest BCUT2D eigenvalue weighted by atomic mass is 9.97. The average Bonchev–Trinajstić information content (AvgIpc) is 3.02. The highest BCUT2D eigenvalue weighted by Crippen LogP contribution is 2.28. The zero-order valence-electron chi connectivity index (χ0n) is 13.9. The molecular weight excluding hydrogens is 310 g/mol. The van der Waals surface area contributed by atoms with E-state index in [1.165, 1.54) is 11.6 Å². The third-order valence-electron chi connectivity index (χ3n) is 4.45. The van der Waals surface area contributed by atoms with Crippen LogP contribution in [0.2, 0.25) is 0 Å². The Bertz CT molecular complexity index is 931. The second kappa shape index (κ2) is 5.96. The van der Waals surface area contributed by atoms with Crippen LogP contribution in [-0.4, -0.2) is 37.4 Å². The lowest BCUT2D eigenvalue weighted by molar-refractivity contribution is 0.481. The molecule has 126 valence electrons. The molecule has 1 N–H and O–H groups in total. The van der Waals surface area contributed by atoms with Crippen LogP contribution >= 0.6 is 0 Å². The monoisotopic (exact) mass is 329 g/mol. The van der Waals surface area contributed by atoms with Crippen molar-refractivity contribution in [3.8, 4) is 6.07 Å². The van der Waals surface area contributed by atoms with Crippen LogP contribution in [0.25, 0.3) is 0 Å². The van der Waals surface area contributed by atoms with Gasteiger partial charge in [0.2, 0.25) is 0 Å². The summed E-state index contributed by atoms with van der Waals surface area (Å²) in [6.45, 7) is 3.08. The van der Waals surface area contributed by atoms with Gasteiger partial charge in [-0.25, -0.2) is 9.78 Å². The van der Waals surface area contributed by atoms with Gasteiger partial charge in [-0.2, -0.15) is 10.4 Å². The fourth-order valence-electron chi connectivity index (χ4n) is 3.22. The molecule has 24 heavy (non-hydrogen) atoms. The van der Waals surface area contributed by atoms with E-state index < -0.39 is 11.2 Å². The molecule has 2 aromatic heterocycles. The van der Waals surface area contributed by atoms with Gasteiger partial charge in [-0.05, 0) is 19.8 Å². The fraction of sp³-hybridized carbons (Fsp3) is 0.533. The molecule has 0 spiro atoms. The summed E-state index contributed by atoms with van der Waals surface area (Å²) in [4.78, 5) is 30.8. The molecule has 1 saturated heterocycles. The number of nitrogens with one attached hydrogen (secondary N) is 1. The number of aryl methyl sites for hydroxylation is 1. The molecule has 0 aliphatic carbocycles. The Hall–Kier alpha value is -2.89. The summed E-state index contributed by atoms with van der Waals surface area (Å²) in [5.41, 5.74) is -1.01. The van der Waals surface area contributed by atoms with Gasteiger partial charge in [0.05, 0.1) is 0 Å². The van der Waals surface area contributed by atoms with Crippen molar-refractivity contribution in [1.82, 2.24) is 24.3 Å². The summed E-state index contributed by atoms with van der Waals surface area (Å²) < 4.78 is 2.33. The van der Waals surface area contributed by atoms with Crippen molar-refractivity contribution >= 4 is 5.82 Å². The van der Waals surface area contributed by atoms with Crippen LogP contribution in [0.5, 0.6) is 0 Å². The first-order chi connectivity index (χ1) is 11.4. The van der Waals surface area contributed by atoms with E-state index in [1.54, 1.807) is 7.05 Å². The molecule has 1 aliphatic heterocycles. The Kier molecular flexibility index (Phi) is 3.97. The summed E-state index contributed by atoms with van der Waals surface area (Å²) in [6, 6.07) is 1.96. The lowest BCUT2D eigenvalue weighted by Gasteiger charge is -2.34. The standard InChI is InChI=1S/C15H19N7O2/c1-9-17-12(19-18-9)10-5-4-6-22(8-10)13-11(7-16)14(23)21(3)15(24)20(13)2/h10H,4-6,8H2,1-3H3,(H,17,18,19). The fourth-order valence-corrected chi connectivity index (χ4v) is 3.22. The largest absolute Gasteiger partial charge is 0.356 e. The van der Waals surface area contributed by atoms with Gasteiger partial charge in [0.1, 0.15) is 17.7 Å². The first kappa shape index (κ1) is 16.0. The highest BCUT2D eigenvalue weighted by atomic mass is 16.2. The molecule has 1 aliphatic rings. The second-order valence-electron chi connectivity index (χ2n) is 6.08. The third kappa shape index (κ3) is 2.50. The number of nitriles is 1. The molecule has 0 aromatic carbocycles. The molecular formula is C15H19N7O2. The molecule has 1 fully saturated rings. The Labute approximate surface area is 138 Å². The first-order valence-corrected chi connectivity index (χ1v) is 7.78. The normalized spacial score (nSPS) is 17.8. The number of hydrogen-bond donors (Lipinski definition) is 1. The minimum atomic E-state index is -0.563. The predicted molar refractivity (Wildman–Crippen MR) is 86.9 cm³/mol. The number of H-pyrrole nitrogens is 1. The van der Waals surface area contributed by atoms with E-state index in [2.05, 4.69) is 15.2 Å². The van der Waals surface area contributed by atoms with Gasteiger partial charge in [-0.1, -0.05) is 0 Å². The number of aromatic nitrogens is 5. The maximum absolute atomic E-state index is 12.3. The maximum atomic E-state index is 12.3. The number of piperidine rings is 1. The predicted octanol–water partition coefficient (Wildman–Crippen LogP) is -0.234. The van der Waals surface area contributed by atoms with Gasteiger partial charge in [-0.3, -0.25) is 19.0 Å². The van der Waals surface area contributed by atoms with Crippen LogP contribution < -0.4 is 16.1 Å². The van der Waals surface area contributed by atoms with E-state index in [1.807, 2.05) is 17.9 Å². The van der Waals surface area contributed by atoms with Crippen molar-refractivity contribution in [1.29, 1.82) is 5.26 Å². The molecule has 1 atom stereocenters. The summed E-state index contributed by atoms with van der Waals surface area (Å²) in [6.07, 6.45) is 1.79. The van der Waals surface area contributed by atoms with Crippen molar-refractivity contribution in [2.45, 2.75) is 25.7 Å². The van der Waals surface area contributed by atoms with E-state index in [0.29, 0.717) is 18.9 Å². The molecule has 3 heterocycles. The van der Waals surface area contributed by atoms with Crippen LogP contribution in [-0.2, 0) is 14.1 Å². The third-order valence-corrected chi connectivity index (χ3v) is 4.45. The smallest absolute Gasteiger partial charge is 0.332 e. The van der Waals surface area contributed by atoms with Gasteiger partial charge in [0.25, 0.3) is 5.56 Å². The molecule has 2 aromatic rings. The van der Waals surface area contributed by atoms with Crippen LogP contribution in [0.4, 0.5) is 5.82 Å². The van der Waals surface area contributed by atoms with Crippen molar-refractivity contribution in [3.05, 3.63) is 38.1 Å². The summed E-state index contributed by atoms with van der Waals surface area (Å²) in [5.74, 6) is 1.95. The molecule has 3 rings (SSSR count). The number of nitrogens with zero attached hydrogens (tertiary/aromatic N) is 6. The van der Waals surface area contributed by atoms with Crippen LogP contribution in [0.3, 0.4) is 0 Å². The maximum Gasteiger partial charge on any atom is 0.332 e. The van der Waals surface area contributed by atoms with Crippen molar-refractivity contribution < 1.29 is 0 Å². The molecule has 1 unspecified atom stereocenters. The number of anilines is 1. The molecule has 0 bridgehead atoms. The Morgan fingerprint density at radius 1 is 1.29 bits per heavy atom. The minimum absolute atomic E-state index is 0.00795. The summed E-state index contributed by atoms with van der Waals surface area (Å²) in [5, 5.41) is 16.5. The molecule has 0 amide bonds. The molecule has 0 radical (unpaired) electrons. The Balaban J connectivity index is 2.05. The molecule has 9 heteroatoms. The Morgan fingerprint density at radius 2 is 2.04 bits per heavy atom. The van der Waals surface area contributed by atoms with Crippen molar-refractivity contribution in [2.24, 2.45) is 14.1 Å². The molecule has 0 saturated carbocycles. The van der Waals surface area contributed by atoms with E-state index in [9.17, 15) is 14.9 Å². The number of hydrogen-bond acceptors (Lipinski definition) is 6. The van der Waals surface area contributed by atoms with Gasteiger partial charge >= 0.3 is 5.69 Å². The average molecular weight is 329 g/mol. The van der Waals surface area contributed by atoms with Gasteiger partial charge < -0.3 is 4.90 Å². The van der Waals surface area contributed by atoms with Gasteiger partial charge in [0.15, 0.2) is 11.4 Å². The van der Waals surface area contributed by atoms with Crippen molar-refractivity contribution in [3.63, 3.8) is 0 Å². The summed E-state index contributed by atoms with van der Waals surface area (Å²) >= 11 is 0. The number of aromatic amines is 1. The highest BCUT2D eigenvalue weighted by molar-refractivity contribution is 5.54. The van der Waals surface area contributed by atoms with Crippen molar-refractivity contribution in [2.75, 3.05) is 18.0 Å². The van der Waals surface area contributed by atoms with E-state index in [4.69, 9.17) is 0 Å². The van der Waals surface area contributed by atoms with E-state index in [0.717, 1.165) is 29.1 Å². The zero-order valence-corrected chi connectivity index (χ0v) is 13.9. The first-order valence-electron chi connectivity index (χ1n) is 7.78. The molecule has 9 nitrogen and oxygen atoms in total. The SMILES string of the molecule is Cc1nc(C2CCCN(c3c(C#N)c(=O)n(C)c(=O)n3C)C2)n[nH]1. The zero-order chi connectivity index (χ0) is 17.4. The topological polar surface area (TPSA) is 113 Å². The minimum Gasteiger partial charge on any atom is -0.356 e. The van der Waals surface area contributed by atoms with E-state index >= 15 is 0 Å². The van der Waals surface area contributed by atoms with Crippen LogP contribution in [0.1, 0.15) is 36.0 Å². The lowest BCUT2D eigenvalue weighted by Crippen LogP contribution is -2.45. The van der Waals surface area contributed by atoms with Gasteiger partial charge in [-0.15, -0.1) is 0 Å². The van der Waals surface area contributed by atoms with E-state index in [-0.39, 0.29) is 11.5 Å². The van der Waals surface area contributed by atoms with Crippen LogP contribution in [0.15, 0.2) is 9.59 Å². The van der Waals surface area contributed by atoms with Crippen LogP contribution in [0, 0.1) is 18.3 Å². The highest BCUT2D eigenvalue weighted by Gasteiger charge is 2.28. The summed E-state index contributed by atoms with van der Waals surface area (Å²) in [7, 11) is 2.96. The van der Waals surface area contributed by atoms with Gasteiger partial charge in [0, 0.05) is 33.1 Å². The number of rotatable bonds is 2. The quantitative estimate of drug-likeness (QED) is 0.814. The second-order valence-corrected chi connectivity index (χ2v) is 6.08. The Morgan fingerprint density at radius 3 is 2.67 bits per heavy atom.